The number of hydrogen-bond acceptors (Lipinski definition) is 7. The summed E-state index contributed by atoms with van der Waals surface area (Å²) in [5.74, 6) is 3.95. The number of aromatic amines is 1. The normalized spacial score (nSPS) is 13.7. The van der Waals surface area contributed by atoms with Crippen molar-refractivity contribution in [2.45, 2.75) is 31.3 Å². The number of carbonyl (C=O) groups is 1. The average molecular weight is 545 g/mol. The molecule has 0 bridgehead atoms. The monoisotopic (exact) mass is 544 g/mol. The van der Waals surface area contributed by atoms with Crippen molar-refractivity contribution in [2.75, 3.05) is 25.4 Å². The summed E-state index contributed by atoms with van der Waals surface area (Å²) in [4.78, 5) is 26.0. The topological polar surface area (TPSA) is 89.6 Å². The molecule has 0 unspecified atom stereocenters. The third-order valence-electron chi connectivity index (χ3n) is 6.52. The highest BCUT2D eigenvalue weighted by Crippen LogP contribution is 2.25. The van der Waals surface area contributed by atoms with Gasteiger partial charge < -0.3 is 24.1 Å². The van der Waals surface area contributed by atoms with Gasteiger partial charge in [0.15, 0.2) is 5.16 Å². The Kier molecular flexibility index (Phi) is 9.01. The van der Waals surface area contributed by atoms with Crippen LogP contribution in [0.1, 0.15) is 24.0 Å². The lowest BCUT2D eigenvalue weighted by atomic mass is 9.98. The Morgan fingerprint density at radius 1 is 0.974 bits per heavy atom. The first-order valence-electron chi connectivity index (χ1n) is 13.1. The predicted molar refractivity (Wildman–Crippen MR) is 151 cm³/mol. The smallest absolute Gasteiger partial charge is 0.415 e. The third-order valence-corrected chi connectivity index (χ3v) is 7.42. The maximum absolute atomic E-state index is 12.7. The van der Waals surface area contributed by atoms with Crippen LogP contribution < -0.4 is 14.2 Å². The fraction of sp³-hybridized carbons (Fsp3) is 0.300. The second-order valence-corrected chi connectivity index (χ2v) is 10.6. The van der Waals surface area contributed by atoms with Crippen LogP contribution >= 0.6 is 11.8 Å². The zero-order valence-electron chi connectivity index (χ0n) is 21.9. The van der Waals surface area contributed by atoms with Crippen molar-refractivity contribution in [1.82, 2.24) is 19.9 Å². The van der Waals surface area contributed by atoms with Crippen molar-refractivity contribution in [3.8, 4) is 23.1 Å². The number of carbonyl (C=O) groups excluding carboxylic acids is 1. The molecule has 39 heavy (non-hydrogen) atoms. The summed E-state index contributed by atoms with van der Waals surface area (Å²) >= 11 is 1.68. The van der Waals surface area contributed by atoms with Gasteiger partial charge in [0.2, 0.25) is 5.88 Å². The number of likely N-dealkylation sites (tertiary alicyclic amines) is 1. The number of aromatic nitrogens is 3. The van der Waals surface area contributed by atoms with E-state index in [4.69, 9.17) is 14.2 Å². The number of ether oxygens (including phenoxy) is 3. The van der Waals surface area contributed by atoms with Crippen molar-refractivity contribution in [1.29, 1.82) is 0 Å². The van der Waals surface area contributed by atoms with E-state index in [2.05, 4.69) is 15.0 Å². The Bertz CT molecular complexity index is 1300. The van der Waals surface area contributed by atoms with E-state index in [1.54, 1.807) is 29.1 Å². The standard InChI is InChI=1S/C30H32N4O4S/c1-22-2-11-28(33-20-22)37-26-9-7-25(8-10-26)36-21-24-12-17-34(18-13-24)30(35)38-27-5-3-23(4-6-27)14-19-39-29-31-15-16-32-29/h2-11,15-16,20,24H,12-14,17-19,21H2,1H3,(H,31,32). The van der Waals surface area contributed by atoms with E-state index in [0.717, 1.165) is 41.5 Å². The van der Waals surface area contributed by atoms with Gasteiger partial charge >= 0.3 is 6.09 Å². The quantitative estimate of drug-likeness (QED) is 0.227. The lowest BCUT2D eigenvalue weighted by Crippen LogP contribution is -2.41. The van der Waals surface area contributed by atoms with Gasteiger partial charge in [-0.25, -0.2) is 14.8 Å². The van der Waals surface area contributed by atoms with E-state index >= 15 is 0 Å². The van der Waals surface area contributed by atoms with Gasteiger partial charge in [-0.2, -0.15) is 0 Å². The number of imidazole rings is 1. The molecule has 1 amide bonds. The fourth-order valence-electron chi connectivity index (χ4n) is 4.22. The molecule has 3 heterocycles. The van der Waals surface area contributed by atoms with E-state index in [0.29, 0.717) is 43.0 Å². The first kappa shape index (κ1) is 26.6. The molecule has 202 valence electrons. The molecule has 0 saturated carbocycles. The second-order valence-electron chi connectivity index (χ2n) is 9.49. The molecule has 0 atom stereocenters. The van der Waals surface area contributed by atoms with Crippen molar-refractivity contribution < 1.29 is 19.0 Å². The highest BCUT2D eigenvalue weighted by Gasteiger charge is 2.24. The summed E-state index contributed by atoms with van der Waals surface area (Å²) in [5.41, 5.74) is 2.28. The van der Waals surface area contributed by atoms with E-state index in [-0.39, 0.29) is 6.09 Å². The van der Waals surface area contributed by atoms with Crippen LogP contribution in [0, 0.1) is 12.8 Å². The Balaban J connectivity index is 0.996. The molecule has 0 aliphatic carbocycles. The van der Waals surface area contributed by atoms with Crippen LogP contribution in [0.3, 0.4) is 0 Å². The minimum atomic E-state index is -0.297. The molecular formula is C30H32N4O4S. The second kappa shape index (κ2) is 13.2. The van der Waals surface area contributed by atoms with Crippen LogP contribution in [0.5, 0.6) is 23.1 Å². The van der Waals surface area contributed by atoms with E-state index in [1.807, 2.05) is 73.8 Å². The summed E-state index contributed by atoms with van der Waals surface area (Å²) in [7, 11) is 0. The number of piperidine rings is 1. The first-order valence-corrected chi connectivity index (χ1v) is 14.1. The van der Waals surface area contributed by atoms with E-state index < -0.39 is 0 Å². The summed E-state index contributed by atoms with van der Waals surface area (Å²) in [6, 6.07) is 19.1. The molecule has 2 aromatic heterocycles. The number of nitrogens with zero attached hydrogens (tertiary/aromatic N) is 3. The van der Waals surface area contributed by atoms with Crippen LogP contribution in [0.25, 0.3) is 0 Å². The lowest BCUT2D eigenvalue weighted by molar-refractivity contribution is 0.117. The molecular weight excluding hydrogens is 512 g/mol. The molecule has 2 aromatic carbocycles. The fourth-order valence-corrected chi connectivity index (χ4v) is 5.04. The number of H-pyrrole nitrogens is 1. The highest BCUT2D eigenvalue weighted by atomic mass is 32.2. The van der Waals surface area contributed by atoms with Crippen molar-refractivity contribution in [3.05, 3.63) is 90.4 Å². The molecule has 1 N–H and O–H groups in total. The summed E-state index contributed by atoms with van der Waals surface area (Å²) in [6.07, 6.45) is 7.73. The van der Waals surface area contributed by atoms with Gasteiger partial charge in [-0.05, 0) is 79.6 Å². The van der Waals surface area contributed by atoms with Crippen molar-refractivity contribution in [2.24, 2.45) is 5.92 Å². The van der Waals surface area contributed by atoms with Gasteiger partial charge in [0.1, 0.15) is 17.2 Å². The average Bonchev–Trinajstić information content (AvgIpc) is 3.49. The van der Waals surface area contributed by atoms with Crippen molar-refractivity contribution in [3.63, 3.8) is 0 Å². The van der Waals surface area contributed by atoms with Crippen molar-refractivity contribution >= 4 is 17.9 Å². The van der Waals surface area contributed by atoms with Crippen LogP contribution in [0.2, 0.25) is 0 Å². The van der Waals surface area contributed by atoms with Crippen LogP contribution in [-0.4, -0.2) is 51.4 Å². The van der Waals surface area contributed by atoms with E-state index in [1.165, 1.54) is 5.56 Å². The summed E-state index contributed by atoms with van der Waals surface area (Å²) in [5, 5.41) is 0.923. The molecule has 0 spiro atoms. The number of thioether (sulfide) groups is 1. The molecule has 1 saturated heterocycles. The molecule has 8 nitrogen and oxygen atoms in total. The van der Waals surface area contributed by atoms with Gasteiger partial charge in [-0.1, -0.05) is 30.0 Å². The number of rotatable bonds is 10. The zero-order valence-corrected chi connectivity index (χ0v) is 22.7. The number of aryl methyl sites for hydroxylation is 2. The number of benzene rings is 2. The molecule has 4 aromatic rings. The number of hydrogen-bond donors (Lipinski definition) is 1. The van der Waals surface area contributed by atoms with Gasteiger partial charge in [0, 0.05) is 43.5 Å². The molecule has 1 aliphatic heterocycles. The predicted octanol–water partition coefficient (Wildman–Crippen LogP) is 6.53. The van der Waals surface area contributed by atoms with Crippen LogP contribution in [0.15, 0.2) is 84.4 Å². The number of amides is 1. The number of pyridine rings is 1. The summed E-state index contributed by atoms with van der Waals surface area (Å²) < 4.78 is 17.4. The van der Waals surface area contributed by atoms with Gasteiger partial charge in [-0.3, -0.25) is 0 Å². The maximum atomic E-state index is 12.7. The Morgan fingerprint density at radius 3 is 2.41 bits per heavy atom. The SMILES string of the molecule is Cc1ccc(Oc2ccc(OCC3CCN(C(=O)Oc4ccc(CCSc5ncc[nH]5)cc4)CC3)cc2)nc1. The highest BCUT2D eigenvalue weighted by molar-refractivity contribution is 7.99. The molecule has 0 radical (unpaired) electrons. The lowest BCUT2D eigenvalue weighted by Gasteiger charge is -2.31. The number of nitrogens with one attached hydrogen (secondary N) is 1. The Hall–Kier alpha value is -3.98. The third kappa shape index (κ3) is 8.00. The molecule has 5 rings (SSSR count). The minimum Gasteiger partial charge on any atom is -0.493 e. The largest absolute Gasteiger partial charge is 0.493 e. The zero-order chi connectivity index (χ0) is 26.9. The first-order chi connectivity index (χ1) is 19.1. The minimum absolute atomic E-state index is 0.297. The van der Waals surface area contributed by atoms with Gasteiger partial charge in [0.25, 0.3) is 0 Å². The van der Waals surface area contributed by atoms with Gasteiger partial charge in [0.05, 0.1) is 6.61 Å². The Morgan fingerprint density at radius 2 is 1.72 bits per heavy atom. The maximum Gasteiger partial charge on any atom is 0.415 e. The molecule has 1 aliphatic rings. The van der Waals surface area contributed by atoms with Gasteiger partial charge in [-0.15, -0.1) is 0 Å². The Labute approximate surface area is 232 Å². The van der Waals surface area contributed by atoms with E-state index in [9.17, 15) is 4.79 Å². The molecule has 1 fully saturated rings. The molecule has 9 heteroatoms. The van der Waals surface area contributed by atoms with Crippen LogP contribution in [-0.2, 0) is 6.42 Å². The van der Waals surface area contributed by atoms with Crippen LogP contribution in [0.4, 0.5) is 4.79 Å². The summed E-state index contributed by atoms with van der Waals surface area (Å²) in [6.45, 7) is 3.92.